The molecule has 1 aliphatic rings. The van der Waals surface area contributed by atoms with E-state index in [0.717, 1.165) is 31.9 Å². The van der Waals surface area contributed by atoms with Crippen molar-refractivity contribution in [3.8, 4) is 6.07 Å². The Morgan fingerprint density at radius 3 is 2.81 bits per heavy atom. The van der Waals surface area contributed by atoms with Gasteiger partial charge in [-0.05, 0) is 24.1 Å². The van der Waals surface area contributed by atoms with Crippen molar-refractivity contribution in [3.63, 3.8) is 0 Å². The van der Waals surface area contributed by atoms with E-state index in [1.165, 1.54) is 5.56 Å². The van der Waals surface area contributed by atoms with Gasteiger partial charge in [0.2, 0.25) is 0 Å². The molecular formula is C17H18N4. The highest BCUT2D eigenvalue weighted by Gasteiger charge is 2.22. The average molecular weight is 278 g/mol. The molecule has 2 heterocycles. The number of benzene rings is 1. The summed E-state index contributed by atoms with van der Waals surface area (Å²) in [7, 11) is 0. The van der Waals surface area contributed by atoms with Gasteiger partial charge in [0.05, 0.1) is 5.56 Å². The maximum absolute atomic E-state index is 8.77. The van der Waals surface area contributed by atoms with E-state index in [1.54, 1.807) is 12.3 Å². The summed E-state index contributed by atoms with van der Waals surface area (Å²) in [5.74, 6) is 0.848. The van der Waals surface area contributed by atoms with Gasteiger partial charge in [-0.15, -0.1) is 0 Å². The summed E-state index contributed by atoms with van der Waals surface area (Å²) in [5, 5.41) is 12.2. The Morgan fingerprint density at radius 1 is 1.24 bits per heavy atom. The number of hydrogen-bond acceptors (Lipinski definition) is 4. The highest BCUT2D eigenvalue weighted by Crippen LogP contribution is 2.17. The first-order chi connectivity index (χ1) is 10.3. The molecule has 1 fully saturated rings. The number of hydrogen-bond donors (Lipinski definition) is 1. The minimum Gasteiger partial charge on any atom is -0.366 e. The van der Waals surface area contributed by atoms with Crippen molar-refractivity contribution in [2.75, 3.05) is 18.4 Å². The van der Waals surface area contributed by atoms with Crippen LogP contribution in [-0.4, -0.2) is 29.0 Å². The zero-order valence-electron chi connectivity index (χ0n) is 11.9. The van der Waals surface area contributed by atoms with Crippen molar-refractivity contribution < 1.29 is 0 Å². The van der Waals surface area contributed by atoms with Gasteiger partial charge >= 0.3 is 0 Å². The molecule has 1 aromatic heterocycles. The number of aromatic nitrogens is 1. The molecular weight excluding hydrogens is 260 g/mol. The van der Waals surface area contributed by atoms with Crippen LogP contribution in [0.15, 0.2) is 48.7 Å². The number of pyridine rings is 1. The number of nitriles is 1. The molecule has 1 N–H and O–H groups in total. The Hall–Kier alpha value is -2.38. The van der Waals surface area contributed by atoms with Crippen LogP contribution in [0.4, 0.5) is 5.82 Å². The lowest BCUT2D eigenvalue weighted by atomic mass is 10.2. The Bertz CT molecular complexity index is 615. The van der Waals surface area contributed by atoms with Gasteiger partial charge in [-0.25, -0.2) is 4.98 Å². The topological polar surface area (TPSA) is 52.0 Å². The van der Waals surface area contributed by atoms with Crippen molar-refractivity contribution in [2.24, 2.45) is 0 Å². The first kappa shape index (κ1) is 13.6. The molecule has 1 unspecified atom stereocenters. The van der Waals surface area contributed by atoms with Gasteiger partial charge in [-0.1, -0.05) is 30.3 Å². The summed E-state index contributed by atoms with van der Waals surface area (Å²) < 4.78 is 0. The van der Waals surface area contributed by atoms with E-state index in [9.17, 15) is 0 Å². The number of nitrogens with zero attached hydrogens (tertiary/aromatic N) is 3. The van der Waals surface area contributed by atoms with E-state index < -0.39 is 0 Å². The van der Waals surface area contributed by atoms with E-state index >= 15 is 0 Å². The SMILES string of the molecule is N#Cc1ccc(NC2CCN(Cc3ccccc3)C2)nc1. The maximum atomic E-state index is 8.77. The molecule has 1 aliphatic heterocycles. The Balaban J connectivity index is 1.53. The Morgan fingerprint density at radius 2 is 2.10 bits per heavy atom. The van der Waals surface area contributed by atoms with E-state index in [-0.39, 0.29) is 0 Å². The van der Waals surface area contributed by atoms with Crippen LogP contribution in [0.1, 0.15) is 17.5 Å². The molecule has 4 nitrogen and oxygen atoms in total. The number of rotatable bonds is 4. The van der Waals surface area contributed by atoms with Gasteiger partial charge in [0.25, 0.3) is 0 Å². The summed E-state index contributed by atoms with van der Waals surface area (Å²) in [6.45, 7) is 3.12. The first-order valence-corrected chi connectivity index (χ1v) is 7.22. The van der Waals surface area contributed by atoms with Gasteiger partial charge in [-0.3, -0.25) is 4.90 Å². The quantitative estimate of drug-likeness (QED) is 0.934. The molecule has 1 saturated heterocycles. The Labute approximate surface area is 125 Å². The molecule has 0 saturated carbocycles. The fraction of sp³-hybridized carbons (Fsp3) is 0.294. The lowest BCUT2D eigenvalue weighted by molar-refractivity contribution is 0.328. The normalized spacial score (nSPS) is 18.3. The second-order valence-corrected chi connectivity index (χ2v) is 5.39. The van der Waals surface area contributed by atoms with Crippen LogP contribution in [0.25, 0.3) is 0 Å². The molecule has 1 aromatic carbocycles. The molecule has 1 atom stereocenters. The third kappa shape index (κ3) is 3.59. The van der Waals surface area contributed by atoms with E-state index in [0.29, 0.717) is 11.6 Å². The molecule has 2 aromatic rings. The molecule has 0 radical (unpaired) electrons. The second kappa shape index (κ2) is 6.38. The summed E-state index contributed by atoms with van der Waals surface area (Å²) in [4.78, 5) is 6.72. The molecule has 0 bridgehead atoms. The predicted molar refractivity (Wildman–Crippen MR) is 82.7 cm³/mol. The van der Waals surface area contributed by atoms with Crippen molar-refractivity contribution in [3.05, 3.63) is 59.8 Å². The van der Waals surface area contributed by atoms with E-state index in [1.807, 2.05) is 6.07 Å². The van der Waals surface area contributed by atoms with Crippen LogP contribution in [-0.2, 0) is 6.54 Å². The second-order valence-electron chi connectivity index (χ2n) is 5.39. The molecule has 0 aliphatic carbocycles. The highest BCUT2D eigenvalue weighted by molar-refractivity contribution is 5.40. The minimum absolute atomic E-state index is 0.425. The van der Waals surface area contributed by atoms with Crippen LogP contribution in [0.2, 0.25) is 0 Å². The molecule has 21 heavy (non-hydrogen) atoms. The van der Waals surface area contributed by atoms with Crippen molar-refractivity contribution >= 4 is 5.82 Å². The monoisotopic (exact) mass is 278 g/mol. The fourth-order valence-electron chi connectivity index (χ4n) is 2.69. The summed E-state index contributed by atoms with van der Waals surface area (Å²) in [6, 6.07) is 16.7. The van der Waals surface area contributed by atoms with Gasteiger partial charge in [-0.2, -0.15) is 5.26 Å². The van der Waals surface area contributed by atoms with Gasteiger partial charge < -0.3 is 5.32 Å². The van der Waals surface area contributed by atoms with Crippen LogP contribution in [0.5, 0.6) is 0 Å². The van der Waals surface area contributed by atoms with Crippen LogP contribution in [0.3, 0.4) is 0 Å². The number of likely N-dealkylation sites (tertiary alicyclic amines) is 1. The summed E-state index contributed by atoms with van der Waals surface area (Å²) in [6.07, 6.45) is 2.73. The predicted octanol–water partition coefficient (Wildman–Crippen LogP) is 2.64. The maximum Gasteiger partial charge on any atom is 0.126 e. The van der Waals surface area contributed by atoms with Gasteiger partial charge in [0, 0.05) is 31.9 Å². The van der Waals surface area contributed by atoms with Crippen LogP contribution >= 0.6 is 0 Å². The third-order valence-electron chi connectivity index (χ3n) is 3.77. The first-order valence-electron chi connectivity index (χ1n) is 7.22. The molecule has 0 spiro atoms. The van der Waals surface area contributed by atoms with Crippen LogP contribution in [0, 0.1) is 11.3 Å². The lowest BCUT2D eigenvalue weighted by Crippen LogP contribution is -2.26. The van der Waals surface area contributed by atoms with Crippen molar-refractivity contribution in [1.82, 2.24) is 9.88 Å². The number of anilines is 1. The van der Waals surface area contributed by atoms with Gasteiger partial charge in [0.15, 0.2) is 0 Å². The summed E-state index contributed by atoms with van der Waals surface area (Å²) >= 11 is 0. The van der Waals surface area contributed by atoms with Crippen molar-refractivity contribution in [1.29, 1.82) is 5.26 Å². The molecule has 4 heteroatoms. The zero-order chi connectivity index (χ0) is 14.5. The minimum atomic E-state index is 0.425. The standard InChI is InChI=1S/C17H18N4/c18-10-15-6-7-17(19-11-15)20-16-8-9-21(13-16)12-14-4-2-1-3-5-14/h1-7,11,16H,8-9,12-13H2,(H,19,20). The molecule has 3 rings (SSSR count). The zero-order valence-corrected chi connectivity index (χ0v) is 11.9. The fourth-order valence-corrected chi connectivity index (χ4v) is 2.69. The Kier molecular flexibility index (Phi) is 4.13. The van der Waals surface area contributed by atoms with E-state index in [2.05, 4.69) is 51.6 Å². The largest absolute Gasteiger partial charge is 0.366 e. The average Bonchev–Trinajstić information content (AvgIpc) is 2.96. The molecule has 0 amide bonds. The van der Waals surface area contributed by atoms with Crippen LogP contribution < -0.4 is 5.32 Å². The summed E-state index contributed by atoms with van der Waals surface area (Å²) in [5.41, 5.74) is 1.95. The number of nitrogens with one attached hydrogen (secondary N) is 1. The molecule has 106 valence electrons. The lowest BCUT2D eigenvalue weighted by Gasteiger charge is -2.17. The smallest absolute Gasteiger partial charge is 0.126 e. The third-order valence-corrected chi connectivity index (χ3v) is 3.77. The van der Waals surface area contributed by atoms with E-state index in [4.69, 9.17) is 5.26 Å². The highest BCUT2D eigenvalue weighted by atomic mass is 15.2. The van der Waals surface area contributed by atoms with Crippen molar-refractivity contribution in [2.45, 2.75) is 19.0 Å². The van der Waals surface area contributed by atoms with Gasteiger partial charge in [0.1, 0.15) is 11.9 Å².